The van der Waals surface area contributed by atoms with Crippen LogP contribution < -0.4 is 5.32 Å². The molecule has 2 aromatic rings. The van der Waals surface area contributed by atoms with Crippen molar-refractivity contribution in [2.45, 2.75) is 13.5 Å². The first-order valence-corrected chi connectivity index (χ1v) is 6.28. The fourth-order valence-electron chi connectivity index (χ4n) is 1.92. The van der Waals surface area contributed by atoms with Gasteiger partial charge >= 0.3 is 5.97 Å². The van der Waals surface area contributed by atoms with Gasteiger partial charge in [-0.15, -0.1) is 0 Å². The van der Waals surface area contributed by atoms with Gasteiger partial charge in [0.2, 0.25) is 0 Å². The van der Waals surface area contributed by atoms with Gasteiger partial charge in [0, 0.05) is 24.4 Å². The highest BCUT2D eigenvalue weighted by Crippen LogP contribution is 2.19. The first-order valence-electron chi connectivity index (χ1n) is 6.28. The fourth-order valence-corrected chi connectivity index (χ4v) is 1.92. The summed E-state index contributed by atoms with van der Waals surface area (Å²) in [7, 11) is 0. The molecule has 21 heavy (non-hydrogen) atoms. The maximum Gasteiger partial charge on any atom is 0.337 e. The Kier molecular flexibility index (Phi) is 4.18. The third-order valence-electron chi connectivity index (χ3n) is 3.04. The molecule has 0 aliphatic carbocycles. The summed E-state index contributed by atoms with van der Waals surface area (Å²) < 4.78 is 0. The molecule has 0 amide bonds. The van der Waals surface area contributed by atoms with E-state index in [1.54, 1.807) is 30.3 Å². The second-order valence-electron chi connectivity index (χ2n) is 4.63. The quantitative estimate of drug-likeness (QED) is 0.650. The van der Waals surface area contributed by atoms with E-state index in [4.69, 9.17) is 5.11 Å². The standard InChI is InChI=1S/C15H14N2O4/c1-10-2-7-13(15(18)19)14(8-10)16-9-11-3-5-12(6-4-11)17(20)21/h2-8,16H,9H2,1H3,(H,18,19). The van der Waals surface area contributed by atoms with Crippen LogP contribution >= 0.6 is 0 Å². The van der Waals surface area contributed by atoms with Crippen LogP contribution in [-0.2, 0) is 6.54 Å². The lowest BCUT2D eigenvalue weighted by molar-refractivity contribution is -0.384. The smallest absolute Gasteiger partial charge is 0.337 e. The molecule has 0 aliphatic rings. The van der Waals surface area contributed by atoms with Gasteiger partial charge in [0.25, 0.3) is 5.69 Å². The van der Waals surface area contributed by atoms with Crippen LogP contribution in [0.15, 0.2) is 42.5 Å². The van der Waals surface area contributed by atoms with Gasteiger partial charge in [-0.05, 0) is 30.2 Å². The molecule has 0 radical (unpaired) electrons. The van der Waals surface area contributed by atoms with Crippen LogP contribution in [0.4, 0.5) is 11.4 Å². The summed E-state index contributed by atoms with van der Waals surface area (Å²) in [5.74, 6) is -0.999. The van der Waals surface area contributed by atoms with Crippen LogP contribution in [0, 0.1) is 17.0 Å². The lowest BCUT2D eigenvalue weighted by atomic mass is 10.1. The summed E-state index contributed by atoms with van der Waals surface area (Å²) in [6.45, 7) is 2.27. The number of nitro groups is 1. The molecule has 0 saturated heterocycles. The molecule has 0 saturated carbocycles. The summed E-state index contributed by atoms with van der Waals surface area (Å²) in [5, 5.41) is 22.8. The van der Waals surface area contributed by atoms with Gasteiger partial charge in [-0.3, -0.25) is 10.1 Å². The van der Waals surface area contributed by atoms with E-state index >= 15 is 0 Å². The Morgan fingerprint density at radius 2 is 1.90 bits per heavy atom. The van der Waals surface area contributed by atoms with Gasteiger partial charge in [0.15, 0.2) is 0 Å². The van der Waals surface area contributed by atoms with E-state index in [9.17, 15) is 14.9 Å². The maximum atomic E-state index is 11.1. The molecule has 0 spiro atoms. The molecule has 6 nitrogen and oxygen atoms in total. The summed E-state index contributed by atoms with van der Waals surface area (Å²) in [6, 6.07) is 11.2. The minimum absolute atomic E-state index is 0.0283. The number of aromatic carboxylic acids is 1. The highest BCUT2D eigenvalue weighted by atomic mass is 16.6. The number of rotatable bonds is 5. The molecule has 0 aliphatic heterocycles. The van der Waals surface area contributed by atoms with Crippen LogP contribution in [0.3, 0.4) is 0 Å². The molecule has 0 fully saturated rings. The molecule has 0 atom stereocenters. The zero-order valence-corrected chi connectivity index (χ0v) is 11.4. The van der Waals surface area contributed by atoms with Crippen molar-refractivity contribution >= 4 is 17.3 Å². The molecule has 2 rings (SSSR count). The highest BCUT2D eigenvalue weighted by molar-refractivity contribution is 5.94. The first kappa shape index (κ1) is 14.5. The summed E-state index contributed by atoms with van der Waals surface area (Å²) >= 11 is 0. The number of anilines is 1. The van der Waals surface area contributed by atoms with Crippen molar-refractivity contribution in [1.29, 1.82) is 0 Å². The third-order valence-corrected chi connectivity index (χ3v) is 3.04. The number of nitro benzene ring substituents is 1. The fraction of sp³-hybridized carbons (Fsp3) is 0.133. The van der Waals surface area contributed by atoms with Crippen LogP contribution in [0.1, 0.15) is 21.5 Å². The van der Waals surface area contributed by atoms with E-state index in [-0.39, 0.29) is 11.3 Å². The van der Waals surface area contributed by atoms with Crippen LogP contribution in [-0.4, -0.2) is 16.0 Å². The van der Waals surface area contributed by atoms with Crippen molar-refractivity contribution in [2.75, 3.05) is 5.32 Å². The largest absolute Gasteiger partial charge is 0.478 e. The van der Waals surface area contributed by atoms with Crippen molar-refractivity contribution in [3.8, 4) is 0 Å². The third kappa shape index (κ3) is 3.56. The lowest BCUT2D eigenvalue weighted by Gasteiger charge is -2.10. The van der Waals surface area contributed by atoms with Gasteiger partial charge in [-0.1, -0.05) is 18.2 Å². The highest BCUT2D eigenvalue weighted by Gasteiger charge is 2.10. The van der Waals surface area contributed by atoms with Gasteiger partial charge in [-0.2, -0.15) is 0 Å². The molecule has 0 bridgehead atoms. The van der Waals surface area contributed by atoms with E-state index in [1.165, 1.54) is 12.1 Å². The summed E-state index contributed by atoms with van der Waals surface area (Å²) in [5.41, 5.74) is 2.54. The van der Waals surface area contributed by atoms with Gasteiger partial charge < -0.3 is 10.4 Å². The topological polar surface area (TPSA) is 92.5 Å². The molecule has 2 aromatic carbocycles. The number of non-ortho nitro benzene ring substituents is 1. The number of nitrogens with zero attached hydrogens (tertiary/aromatic N) is 1. The predicted octanol–water partition coefficient (Wildman–Crippen LogP) is 3.21. The van der Waals surface area contributed by atoms with Crippen LogP contribution in [0.2, 0.25) is 0 Å². The van der Waals surface area contributed by atoms with Crippen molar-refractivity contribution in [3.05, 3.63) is 69.3 Å². The van der Waals surface area contributed by atoms with Crippen LogP contribution in [0.25, 0.3) is 0 Å². The van der Waals surface area contributed by atoms with Crippen molar-refractivity contribution < 1.29 is 14.8 Å². The minimum atomic E-state index is -0.999. The van der Waals surface area contributed by atoms with Crippen molar-refractivity contribution in [2.24, 2.45) is 0 Å². The number of hydrogen-bond acceptors (Lipinski definition) is 4. The Balaban J connectivity index is 2.14. The van der Waals surface area contributed by atoms with E-state index in [0.29, 0.717) is 12.2 Å². The monoisotopic (exact) mass is 286 g/mol. The Bertz CT molecular complexity index is 681. The number of carbonyl (C=O) groups is 1. The predicted molar refractivity (Wildman–Crippen MR) is 78.6 cm³/mol. The second kappa shape index (κ2) is 6.04. The number of aryl methyl sites for hydroxylation is 1. The molecular weight excluding hydrogens is 272 g/mol. The summed E-state index contributed by atoms with van der Waals surface area (Å²) in [4.78, 5) is 21.3. The van der Waals surface area contributed by atoms with Gasteiger partial charge in [0.05, 0.1) is 10.5 Å². The average Bonchev–Trinajstić information content (AvgIpc) is 2.45. The Morgan fingerprint density at radius 3 is 2.48 bits per heavy atom. The van der Waals surface area contributed by atoms with E-state index in [2.05, 4.69) is 5.32 Å². The average molecular weight is 286 g/mol. The lowest BCUT2D eigenvalue weighted by Crippen LogP contribution is -2.06. The van der Waals surface area contributed by atoms with Gasteiger partial charge in [0.1, 0.15) is 0 Å². The molecule has 0 aromatic heterocycles. The zero-order chi connectivity index (χ0) is 15.4. The Hall–Kier alpha value is -2.89. The normalized spacial score (nSPS) is 10.1. The minimum Gasteiger partial charge on any atom is -0.478 e. The number of hydrogen-bond donors (Lipinski definition) is 2. The Labute approximate surface area is 121 Å². The van der Waals surface area contributed by atoms with E-state index in [1.807, 2.05) is 6.92 Å². The SMILES string of the molecule is Cc1ccc(C(=O)O)c(NCc2ccc([N+](=O)[O-])cc2)c1. The van der Waals surface area contributed by atoms with Crippen molar-refractivity contribution in [3.63, 3.8) is 0 Å². The number of carboxylic acids is 1. The molecular formula is C15H14N2O4. The zero-order valence-electron chi connectivity index (χ0n) is 11.4. The molecule has 0 unspecified atom stereocenters. The molecule has 0 heterocycles. The first-order chi connectivity index (χ1) is 9.97. The molecule has 2 N–H and O–H groups in total. The van der Waals surface area contributed by atoms with E-state index in [0.717, 1.165) is 11.1 Å². The maximum absolute atomic E-state index is 11.1. The van der Waals surface area contributed by atoms with E-state index < -0.39 is 10.9 Å². The molecule has 6 heteroatoms. The Morgan fingerprint density at radius 1 is 1.24 bits per heavy atom. The number of carboxylic acid groups (broad SMARTS) is 1. The summed E-state index contributed by atoms with van der Waals surface area (Å²) in [6.07, 6.45) is 0. The second-order valence-corrected chi connectivity index (χ2v) is 4.63. The van der Waals surface area contributed by atoms with Gasteiger partial charge in [-0.25, -0.2) is 4.79 Å². The van der Waals surface area contributed by atoms with Crippen LogP contribution in [0.5, 0.6) is 0 Å². The number of nitrogens with one attached hydrogen (secondary N) is 1. The molecule has 108 valence electrons. The number of benzene rings is 2. The van der Waals surface area contributed by atoms with Crippen molar-refractivity contribution in [1.82, 2.24) is 0 Å².